The Bertz CT molecular complexity index is 1030. The summed E-state index contributed by atoms with van der Waals surface area (Å²) in [6, 6.07) is 17.6. The summed E-state index contributed by atoms with van der Waals surface area (Å²) in [7, 11) is 0. The molecule has 152 valence electrons. The molecule has 0 atom stereocenters. The highest BCUT2D eigenvalue weighted by atomic mass is 16.5. The summed E-state index contributed by atoms with van der Waals surface area (Å²) in [5, 5.41) is 11.4. The van der Waals surface area contributed by atoms with Gasteiger partial charge in [-0.25, -0.2) is 0 Å². The number of pyridine rings is 1. The molecule has 1 amide bonds. The molecule has 0 saturated heterocycles. The Labute approximate surface area is 174 Å². The summed E-state index contributed by atoms with van der Waals surface area (Å²) < 4.78 is 16.8. The molecule has 0 aliphatic carbocycles. The van der Waals surface area contributed by atoms with E-state index in [1.807, 2.05) is 25.1 Å². The Hall–Kier alpha value is -4.05. The fraction of sp³-hybridized carbons (Fsp3) is 0.174. The van der Waals surface area contributed by atoms with E-state index >= 15 is 0 Å². The van der Waals surface area contributed by atoms with Gasteiger partial charge in [0.2, 0.25) is 0 Å². The minimum Gasteiger partial charge on any atom is -0.490 e. The number of hydrogen-bond acceptors (Lipinski definition) is 6. The van der Waals surface area contributed by atoms with Crippen LogP contribution in [0.15, 0.2) is 67.0 Å². The van der Waals surface area contributed by atoms with Gasteiger partial charge in [-0.15, -0.1) is 0 Å². The van der Waals surface area contributed by atoms with Crippen molar-refractivity contribution in [1.82, 2.24) is 4.98 Å². The summed E-state index contributed by atoms with van der Waals surface area (Å²) in [6.07, 6.45) is 3.44. The molecular weight excluding hydrogens is 382 g/mol. The normalized spacial score (nSPS) is 10.0. The van der Waals surface area contributed by atoms with E-state index in [0.717, 1.165) is 5.56 Å². The first-order valence-electron chi connectivity index (χ1n) is 9.39. The zero-order valence-electron chi connectivity index (χ0n) is 16.5. The van der Waals surface area contributed by atoms with Crippen molar-refractivity contribution >= 4 is 11.6 Å². The summed E-state index contributed by atoms with van der Waals surface area (Å²) in [4.78, 5) is 16.7. The van der Waals surface area contributed by atoms with Gasteiger partial charge in [0.15, 0.2) is 18.1 Å². The third kappa shape index (κ3) is 5.72. The molecule has 3 rings (SSSR count). The lowest BCUT2D eigenvalue weighted by molar-refractivity contribution is 0.102. The Kier molecular flexibility index (Phi) is 7.23. The van der Waals surface area contributed by atoms with Gasteiger partial charge in [0, 0.05) is 35.3 Å². The number of anilines is 1. The van der Waals surface area contributed by atoms with Crippen molar-refractivity contribution in [1.29, 1.82) is 5.26 Å². The molecule has 1 heterocycles. The van der Waals surface area contributed by atoms with E-state index in [2.05, 4.69) is 10.3 Å². The predicted molar refractivity (Wildman–Crippen MR) is 112 cm³/mol. The summed E-state index contributed by atoms with van der Waals surface area (Å²) in [5.41, 5.74) is 1.92. The highest BCUT2D eigenvalue weighted by Crippen LogP contribution is 2.30. The summed E-state index contributed by atoms with van der Waals surface area (Å²) in [5.74, 6) is 1.24. The van der Waals surface area contributed by atoms with Crippen LogP contribution in [0.2, 0.25) is 0 Å². The molecule has 0 bridgehead atoms. The van der Waals surface area contributed by atoms with Crippen LogP contribution < -0.4 is 19.5 Å². The number of nitrogens with one attached hydrogen (secondary N) is 1. The molecule has 3 aromatic rings. The third-order valence-electron chi connectivity index (χ3n) is 4.02. The lowest BCUT2D eigenvalue weighted by Crippen LogP contribution is -2.12. The van der Waals surface area contributed by atoms with Gasteiger partial charge in [0.1, 0.15) is 18.4 Å². The maximum absolute atomic E-state index is 12.7. The van der Waals surface area contributed by atoms with E-state index in [4.69, 9.17) is 19.5 Å². The smallest absolute Gasteiger partial charge is 0.255 e. The van der Waals surface area contributed by atoms with Gasteiger partial charge >= 0.3 is 0 Å². The third-order valence-corrected chi connectivity index (χ3v) is 4.02. The molecule has 0 unspecified atom stereocenters. The topological polar surface area (TPSA) is 93.5 Å². The maximum Gasteiger partial charge on any atom is 0.255 e. The van der Waals surface area contributed by atoms with Crippen LogP contribution in [0.1, 0.15) is 22.8 Å². The standard InChI is InChI=1S/C23H21N3O4/c1-2-28-22-13-18(8-9-21(22)30-16-17-5-4-11-25-15-17)23(27)26-19-6-3-7-20(14-19)29-12-10-24/h3-9,11,13-15H,2,12,16H2,1H3,(H,26,27). The minimum atomic E-state index is -0.299. The van der Waals surface area contributed by atoms with E-state index in [1.165, 1.54) is 0 Å². The van der Waals surface area contributed by atoms with Crippen molar-refractivity contribution in [2.45, 2.75) is 13.5 Å². The van der Waals surface area contributed by atoms with Crippen LogP contribution in [0.5, 0.6) is 17.2 Å². The van der Waals surface area contributed by atoms with Gasteiger partial charge in [-0.2, -0.15) is 5.26 Å². The molecule has 0 radical (unpaired) electrons. The van der Waals surface area contributed by atoms with Crippen LogP contribution in [0.3, 0.4) is 0 Å². The molecule has 30 heavy (non-hydrogen) atoms. The van der Waals surface area contributed by atoms with Crippen molar-refractivity contribution in [3.63, 3.8) is 0 Å². The molecule has 7 nitrogen and oxygen atoms in total. The number of hydrogen-bond donors (Lipinski definition) is 1. The minimum absolute atomic E-state index is 0.0599. The Morgan fingerprint density at radius 3 is 2.73 bits per heavy atom. The molecule has 1 N–H and O–H groups in total. The average molecular weight is 403 g/mol. The first kappa shape index (κ1) is 20.7. The number of amides is 1. The van der Waals surface area contributed by atoms with Crippen molar-refractivity contribution in [3.05, 3.63) is 78.1 Å². The first-order valence-corrected chi connectivity index (χ1v) is 9.39. The van der Waals surface area contributed by atoms with E-state index < -0.39 is 0 Å². The zero-order chi connectivity index (χ0) is 21.2. The van der Waals surface area contributed by atoms with E-state index in [-0.39, 0.29) is 12.5 Å². The fourth-order valence-corrected chi connectivity index (χ4v) is 2.66. The van der Waals surface area contributed by atoms with Crippen LogP contribution in [-0.4, -0.2) is 24.1 Å². The number of ether oxygens (including phenoxy) is 3. The average Bonchev–Trinajstić information content (AvgIpc) is 2.78. The van der Waals surface area contributed by atoms with Gasteiger partial charge in [-0.3, -0.25) is 9.78 Å². The molecule has 0 aliphatic rings. The monoisotopic (exact) mass is 403 g/mol. The highest BCUT2D eigenvalue weighted by molar-refractivity contribution is 6.04. The number of carbonyl (C=O) groups excluding carboxylic acids is 1. The lowest BCUT2D eigenvalue weighted by atomic mass is 10.1. The molecule has 0 saturated carbocycles. The molecule has 0 spiro atoms. The molecule has 0 aliphatic heterocycles. The second-order valence-electron chi connectivity index (χ2n) is 6.17. The van der Waals surface area contributed by atoms with E-state index in [1.54, 1.807) is 54.9 Å². The van der Waals surface area contributed by atoms with Crippen LogP contribution in [0.25, 0.3) is 0 Å². The van der Waals surface area contributed by atoms with Crippen molar-refractivity contribution in [2.75, 3.05) is 18.5 Å². The number of aromatic nitrogens is 1. The summed E-state index contributed by atoms with van der Waals surface area (Å²) in [6.45, 7) is 2.58. The number of nitrogens with zero attached hydrogens (tertiary/aromatic N) is 2. The fourth-order valence-electron chi connectivity index (χ4n) is 2.66. The molecule has 2 aromatic carbocycles. The van der Waals surface area contributed by atoms with Crippen molar-refractivity contribution in [3.8, 4) is 23.3 Å². The Balaban J connectivity index is 1.71. The second-order valence-corrected chi connectivity index (χ2v) is 6.17. The largest absolute Gasteiger partial charge is 0.490 e. The van der Waals surface area contributed by atoms with Crippen LogP contribution in [0, 0.1) is 11.3 Å². The molecule has 1 aromatic heterocycles. The number of nitriles is 1. The van der Waals surface area contributed by atoms with Gasteiger partial charge < -0.3 is 19.5 Å². The van der Waals surface area contributed by atoms with E-state index in [9.17, 15) is 4.79 Å². The van der Waals surface area contributed by atoms with Crippen molar-refractivity contribution < 1.29 is 19.0 Å². The van der Waals surface area contributed by atoms with Crippen LogP contribution in [-0.2, 0) is 6.61 Å². The second kappa shape index (κ2) is 10.5. The lowest BCUT2D eigenvalue weighted by Gasteiger charge is -2.14. The maximum atomic E-state index is 12.7. The Morgan fingerprint density at radius 2 is 1.97 bits per heavy atom. The number of benzene rings is 2. The predicted octanol–water partition coefficient (Wildman–Crippen LogP) is 4.21. The molecular formula is C23H21N3O4. The first-order chi connectivity index (χ1) is 14.7. The van der Waals surface area contributed by atoms with Gasteiger partial charge in [-0.1, -0.05) is 12.1 Å². The van der Waals surface area contributed by atoms with Crippen LogP contribution >= 0.6 is 0 Å². The number of carbonyl (C=O) groups is 1. The summed E-state index contributed by atoms with van der Waals surface area (Å²) >= 11 is 0. The quantitative estimate of drug-likeness (QED) is 0.575. The number of rotatable bonds is 9. The van der Waals surface area contributed by atoms with E-state index in [0.29, 0.717) is 41.7 Å². The van der Waals surface area contributed by atoms with Gasteiger partial charge in [-0.05, 0) is 43.3 Å². The van der Waals surface area contributed by atoms with Crippen molar-refractivity contribution in [2.24, 2.45) is 0 Å². The highest BCUT2D eigenvalue weighted by Gasteiger charge is 2.13. The molecule has 7 heteroatoms. The van der Waals surface area contributed by atoms with Gasteiger partial charge in [0.25, 0.3) is 5.91 Å². The molecule has 0 fully saturated rings. The van der Waals surface area contributed by atoms with Gasteiger partial charge in [0.05, 0.1) is 6.61 Å². The van der Waals surface area contributed by atoms with Crippen LogP contribution in [0.4, 0.5) is 5.69 Å². The SMILES string of the molecule is CCOc1cc(C(=O)Nc2cccc(OCC#N)c2)ccc1OCc1cccnc1. The zero-order valence-corrected chi connectivity index (χ0v) is 16.5. The Morgan fingerprint density at radius 1 is 1.07 bits per heavy atom.